The quantitative estimate of drug-likeness (QED) is 0.714. The van der Waals surface area contributed by atoms with Crippen LogP contribution in [0.3, 0.4) is 0 Å². The van der Waals surface area contributed by atoms with Gasteiger partial charge in [-0.15, -0.1) is 0 Å². The molecule has 1 aliphatic heterocycles. The molecule has 3 N–H and O–H groups in total. The van der Waals surface area contributed by atoms with Gasteiger partial charge in [0.15, 0.2) is 0 Å². The van der Waals surface area contributed by atoms with Crippen molar-refractivity contribution in [1.29, 1.82) is 0 Å². The summed E-state index contributed by atoms with van der Waals surface area (Å²) in [7, 11) is 0. The fourth-order valence-electron chi connectivity index (χ4n) is 2.05. The van der Waals surface area contributed by atoms with Gasteiger partial charge >= 0.3 is 12.1 Å². The number of carbonyl (C=O) groups is 3. The zero-order valence-corrected chi connectivity index (χ0v) is 12.1. The maximum Gasteiger partial charge on any atom is 0.408 e. The van der Waals surface area contributed by atoms with Crippen molar-refractivity contribution >= 4 is 18.0 Å². The monoisotopic (exact) mass is 286 g/mol. The molecular weight excluding hydrogens is 264 g/mol. The van der Waals surface area contributed by atoms with Gasteiger partial charge in [-0.25, -0.2) is 9.59 Å². The number of nitrogens with one attached hydrogen (secondary N) is 2. The number of carbonyl (C=O) groups excluding carboxylic acids is 2. The highest BCUT2D eigenvalue weighted by Crippen LogP contribution is 2.17. The summed E-state index contributed by atoms with van der Waals surface area (Å²) in [4.78, 5) is 34.8. The predicted molar refractivity (Wildman–Crippen MR) is 71.1 cm³/mol. The normalized spacial score (nSPS) is 21.4. The van der Waals surface area contributed by atoms with Crippen LogP contribution in [-0.4, -0.2) is 41.3 Å². The van der Waals surface area contributed by atoms with Crippen LogP contribution in [0.4, 0.5) is 4.79 Å². The highest BCUT2D eigenvalue weighted by molar-refractivity contribution is 5.89. The third kappa shape index (κ3) is 5.07. The summed E-state index contributed by atoms with van der Waals surface area (Å²) in [6, 6.07) is -1.28. The smallest absolute Gasteiger partial charge is 0.408 e. The van der Waals surface area contributed by atoms with Crippen molar-refractivity contribution in [2.75, 3.05) is 6.54 Å². The minimum atomic E-state index is -1.28. The summed E-state index contributed by atoms with van der Waals surface area (Å²) in [6.07, 6.45) is 1.14. The molecule has 0 radical (unpaired) electrons. The summed E-state index contributed by atoms with van der Waals surface area (Å²) < 4.78 is 5.03. The molecular formula is C13H22N2O5. The molecule has 0 saturated carbocycles. The second kappa shape index (κ2) is 6.58. The van der Waals surface area contributed by atoms with E-state index in [2.05, 4.69) is 10.6 Å². The number of hydrogen-bond donors (Lipinski definition) is 3. The Hall–Kier alpha value is -1.79. The van der Waals surface area contributed by atoms with E-state index in [1.807, 2.05) is 0 Å². The number of aliphatic carboxylic acids is 1. The van der Waals surface area contributed by atoms with Gasteiger partial charge in [-0.1, -0.05) is 6.42 Å². The van der Waals surface area contributed by atoms with Crippen LogP contribution in [-0.2, 0) is 14.3 Å². The zero-order valence-electron chi connectivity index (χ0n) is 12.1. The SMILES string of the molecule is CC(C)(C)OC(=O)NC(C(=O)O)C1CCCCNC1=O. The molecule has 0 aromatic rings. The summed E-state index contributed by atoms with van der Waals surface area (Å²) in [5, 5.41) is 14.2. The van der Waals surface area contributed by atoms with Crippen molar-refractivity contribution in [2.45, 2.75) is 51.7 Å². The molecule has 1 aliphatic rings. The summed E-state index contributed by atoms with van der Waals surface area (Å²) in [6.45, 7) is 5.58. The van der Waals surface area contributed by atoms with Gasteiger partial charge in [0.25, 0.3) is 0 Å². The van der Waals surface area contributed by atoms with Crippen molar-refractivity contribution in [3.63, 3.8) is 0 Å². The van der Waals surface area contributed by atoms with Crippen LogP contribution in [0.2, 0.25) is 0 Å². The second-order valence-electron chi connectivity index (χ2n) is 5.86. The molecule has 7 heteroatoms. The van der Waals surface area contributed by atoms with Gasteiger partial charge in [0.2, 0.25) is 5.91 Å². The number of ether oxygens (including phenoxy) is 1. The molecule has 0 aromatic carbocycles. The minimum absolute atomic E-state index is 0.342. The van der Waals surface area contributed by atoms with Crippen LogP contribution in [0.1, 0.15) is 40.0 Å². The van der Waals surface area contributed by atoms with Crippen molar-refractivity contribution in [3.8, 4) is 0 Å². The van der Waals surface area contributed by atoms with Crippen LogP contribution in [0.15, 0.2) is 0 Å². The molecule has 0 aromatic heterocycles. The van der Waals surface area contributed by atoms with Crippen LogP contribution < -0.4 is 10.6 Å². The lowest BCUT2D eigenvalue weighted by molar-refractivity contribution is -0.144. The minimum Gasteiger partial charge on any atom is -0.480 e. The first-order valence-corrected chi connectivity index (χ1v) is 6.71. The molecule has 1 rings (SSSR count). The highest BCUT2D eigenvalue weighted by atomic mass is 16.6. The van der Waals surface area contributed by atoms with Crippen LogP contribution in [0, 0.1) is 5.92 Å². The molecule has 0 aliphatic carbocycles. The topological polar surface area (TPSA) is 105 Å². The molecule has 1 heterocycles. The Morgan fingerprint density at radius 2 is 2.05 bits per heavy atom. The molecule has 1 fully saturated rings. The molecule has 20 heavy (non-hydrogen) atoms. The Bertz CT molecular complexity index is 389. The lowest BCUT2D eigenvalue weighted by atomic mass is 9.94. The van der Waals surface area contributed by atoms with Crippen LogP contribution in [0.25, 0.3) is 0 Å². The predicted octanol–water partition coefficient (Wildman–Crippen LogP) is 0.881. The Kier molecular flexibility index (Phi) is 5.35. The van der Waals surface area contributed by atoms with Gasteiger partial charge in [-0.05, 0) is 33.6 Å². The molecule has 1 saturated heterocycles. The molecule has 0 bridgehead atoms. The van der Waals surface area contributed by atoms with E-state index in [1.54, 1.807) is 20.8 Å². The van der Waals surface area contributed by atoms with Crippen molar-refractivity contribution in [3.05, 3.63) is 0 Å². The fraction of sp³-hybridized carbons (Fsp3) is 0.769. The zero-order chi connectivity index (χ0) is 15.3. The molecule has 0 spiro atoms. The summed E-state index contributed by atoms with van der Waals surface area (Å²) in [5.41, 5.74) is -0.723. The fourth-order valence-corrected chi connectivity index (χ4v) is 2.05. The van der Waals surface area contributed by atoms with Crippen LogP contribution >= 0.6 is 0 Å². The van der Waals surface area contributed by atoms with E-state index in [-0.39, 0.29) is 5.91 Å². The highest BCUT2D eigenvalue weighted by Gasteiger charge is 2.36. The summed E-state index contributed by atoms with van der Waals surface area (Å²) >= 11 is 0. The van der Waals surface area contributed by atoms with E-state index in [1.165, 1.54) is 0 Å². The van der Waals surface area contributed by atoms with Crippen molar-refractivity contribution < 1.29 is 24.2 Å². The number of hydrogen-bond acceptors (Lipinski definition) is 4. The van der Waals surface area contributed by atoms with Crippen molar-refractivity contribution in [1.82, 2.24) is 10.6 Å². The van der Waals surface area contributed by atoms with E-state index in [0.717, 1.165) is 12.8 Å². The third-order valence-electron chi connectivity index (χ3n) is 2.92. The van der Waals surface area contributed by atoms with E-state index < -0.39 is 29.6 Å². The molecule has 7 nitrogen and oxygen atoms in total. The van der Waals surface area contributed by atoms with Gasteiger partial charge < -0.3 is 20.5 Å². The Labute approximate surface area is 118 Å². The number of carboxylic acids is 1. The van der Waals surface area contributed by atoms with E-state index >= 15 is 0 Å². The van der Waals surface area contributed by atoms with E-state index in [4.69, 9.17) is 4.74 Å². The first-order chi connectivity index (χ1) is 9.20. The molecule has 114 valence electrons. The van der Waals surface area contributed by atoms with Gasteiger partial charge in [0, 0.05) is 6.54 Å². The van der Waals surface area contributed by atoms with Crippen LogP contribution in [0.5, 0.6) is 0 Å². The Balaban J connectivity index is 2.75. The number of rotatable bonds is 3. The van der Waals surface area contributed by atoms with Crippen molar-refractivity contribution in [2.24, 2.45) is 5.92 Å². The first kappa shape index (κ1) is 16.3. The molecule has 2 amide bonds. The largest absolute Gasteiger partial charge is 0.480 e. The lowest BCUT2D eigenvalue weighted by Crippen LogP contribution is -2.51. The number of alkyl carbamates (subject to hydrolysis) is 1. The number of carboxylic acid groups (broad SMARTS) is 1. The molecule has 2 atom stereocenters. The average Bonchev–Trinajstić information content (AvgIpc) is 2.48. The average molecular weight is 286 g/mol. The van der Waals surface area contributed by atoms with E-state index in [9.17, 15) is 19.5 Å². The van der Waals surface area contributed by atoms with E-state index in [0.29, 0.717) is 13.0 Å². The standard InChI is InChI=1S/C13H22N2O5/c1-13(2,3)20-12(19)15-9(11(17)18)8-6-4-5-7-14-10(8)16/h8-9H,4-7H2,1-3H3,(H,14,16)(H,15,19)(H,17,18). The molecule has 2 unspecified atom stereocenters. The van der Waals surface area contributed by atoms with Gasteiger partial charge in [-0.2, -0.15) is 0 Å². The maximum absolute atomic E-state index is 11.9. The Morgan fingerprint density at radius 1 is 1.40 bits per heavy atom. The maximum atomic E-state index is 11.9. The summed E-state index contributed by atoms with van der Waals surface area (Å²) in [5.74, 6) is -2.36. The van der Waals surface area contributed by atoms with Gasteiger partial charge in [-0.3, -0.25) is 4.79 Å². The second-order valence-corrected chi connectivity index (χ2v) is 5.86. The Morgan fingerprint density at radius 3 is 2.60 bits per heavy atom. The third-order valence-corrected chi connectivity index (χ3v) is 2.92. The lowest BCUT2D eigenvalue weighted by Gasteiger charge is -2.25. The van der Waals surface area contributed by atoms with Gasteiger partial charge in [0.1, 0.15) is 11.6 Å². The number of amides is 2. The van der Waals surface area contributed by atoms with Gasteiger partial charge in [0.05, 0.1) is 5.92 Å². The first-order valence-electron chi connectivity index (χ1n) is 6.71.